The fourth-order valence-corrected chi connectivity index (χ4v) is 4.44. The molecule has 0 radical (unpaired) electrons. The molecule has 1 heterocycles. The molecule has 0 unspecified atom stereocenters. The third-order valence-corrected chi connectivity index (χ3v) is 6.04. The Bertz CT molecular complexity index is 717. The van der Waals surface area contributed by atoms with Gasteiger partial charge >= 0.3 is 0 Å². The first-order valence-corrected chi connectivity index (χ1v) is 9.84. The predicted octanol–water partition coefficient (Wildman–Crippen LogP) is 4.30. The fourth-order valence-electron chi connectivity index (χ4n) is 1.88. The summed E-state index contributed by atoms with van der Waals surface area (Å²) in [5.74, 6) is -0.0496. The van der Waals surface area contributed by atoms with Crippen molar-refractivity contribution in [3.8, 4) is 0 Å². The van der Waals surface area contributed by atoms with Crippen LogP contribution in [0.5, 0.6) is 0 Å². The zero-order chi connectivity index (χ0) is 16.4. The van der Waals surface area contributed by atoms with Gasteiger partial charge in [-0.05, 0) is 60.3 Å². The lowest BCUT2D eigenvalue weighted by molar-refractivity contribution is -0.115. The number of amides is 1. The molecule has 8 heteroatoms. The molecule has 3 rings (SSSR count). The summed E-state index contributed by atoms with van der Waals surface area (Å²) in [6.45, 7) is 3.88. The maximum Gasteiger partial charge on any atom is 0.237 e. The van der Waals surface area contributed by atoms with Crippen molar-refractivity contribution in [1.29, 1.82) is 0 Å². The van der Waals surface area contributed by atoms with Gasteiger partial charge in [-0.15, -0.1) is 10.2 Å². The van der Waals surface area contributed by atoms with Crippen molar-refractivity contribution < 1.29 is 4.79 Å². The van der Waals surface area contributed by atoms with Gasteiger partial charge in [0.05, 0.1) is 10.9 Å². The lowest BCUT2D eigenvalue weighted by atomic mass is 10.2. The first-order chi connectivity index (χ1) is 11.0. The number of carbonyl (C=O) groups excluding carboxylic acids is 1. The monoisotopic (exact) mass is 412 g/mol. The minimum atomic E-state index is -0.245. The molecule has 1 aromatic carbocycles. The van der Waals surface area contributed by atoms with E-state index in [0.29, 0.717) is 6.04 Å². The Balaban J connectivity index is 1.57. The highest BCUT2D eigenvalue weighted by Crippen LogP contribution is 2.32. The van der Waals surface area contributed by atoms with Crippen LogP contribution in [0.25, 0.3) is 0 Å². The number of nitrogens with zero attached hydrogens (tertiary/aromatic N) is 2. The summed E-state index contributed by atoms with van der Waals surface area (Å²) in [6.07, 6.45) is 2.40. The molecule has 2 N–H and O–H groups in total. The molecule has 1 fully saturated rings. The van der Waals surface area contributed by atoms with Crippen LogP contribution in [-0.2, 0) is 4.79 Å². The van der Waals surface area contributed by atoms with Crippen LogP contribution in [0.2, 0.25) is 0 Å². The van der Waals surface area contributed by atoms with Gasteiger partial charge < -0.3 is 10.6 Å². The van der Waals surface area contributed by atoms with Crippen LogP contribution in [0.15, 0.2) is 27.0 Å². The minimum absolute atomic E-state index is 0.0496. The number of rotatable bonds is 6. The van der Waals surface area contributed by atoms with Gasteiger partial charge in [0.2, 0.25) is 11.0 Å². The second-order valence-corrected chi connectivity index (χ2v) is 8.94. The Labute approximate surface area is 151 Å². The number of halogens is 1. The zero-order valence-electron chi connectivity index (χ0n) is 12.8. The molecule has 1 atom stereocenters. The van der Waals surface area contributed by atoms with Crippen LogP contribution in [-0.4, -0.2) is 27.4 Å². The quantitative estimate of drug-likeness (QED) is 0.692. The summed E-state index contributed by atoms with van der Waals surface area (Å²) in [6, 6.07) is 6.41. The number of nitrogens with one attached hydrogen (secondary N) is 2. The summed E-state index contributed by atoms with van der Waals surface area (Å²) >= 11 is 6.40. The van der Waals surface area contributed by atoms with Crippen molar-refractivity contribution >= 4 is 55.8 Å². The second kappa shape index (κ2) is 7.19. The van der Waals surface area contributed by atoms with E-state index in [1.54, 1.807) is 0 Å². The van der Waals surface area contributed by atoms with Crippen LogP contribution in [0.1, 0.15) is 25.3 Å². The largest absolute Gasteiger partial charge is 0.357 e. The number of carbonyl (C=O) groups is 1. The highest BCUT2D eigenvalue weighted by molar-refractivity contribution is 9.10. The summed E-state index contributed by atoms with van der Waals surface area (Å²) in [4.78, 5) is 12.3. The molecule has 1 aromatic heterocycles. The third kappa shape index (κ3) is 4.68. The topological polar surface area (TPSA) is 66.9 Å². The summed E-state index contributed by atoms with van der Waals surface area (Å²) in [5.41, 5.74) is 1.92. The maximum absolute atomic E-state index is 12.3. The Morgan fingerprint density at radius 1 is 1.43 bits per heavy atom. The molecular formula is C15H17BrN4OS2. The van der Waals surface area contributed by atoms with E-state index < -0.39 is 0 Å². The van der Waals surface area contributed by atoms with E-state index in [9.17, 15) is 4.79 Å². The normalized spacial score (nSPS) is 15.3. The van der Waals surface area contributed by atoms with Crippen LogP contribution in [0.4, 0.5) is 10.8 Å². The van der Waals surface area contributed by atoms with E-state index in [1.807, 2.05) is 32.0 Å². The second-order valence-electron chi connectivity index (χ2n) is 5.52. The van der Waals surface area contributed by atoms with E-state index in [1.165, 1.54) is 35.9 Å². The standard InChI is InChI=1S/C15H17BrN4OS2/c1-8-3-6-12(11(16)7-8)18-13(21)9(2)22-15-20-19-14(23-15)17-10-4-5-10/h3,6-7,9-10H,4-5H2,1-2H3,(H,17,19)(H,18,21)/t9-/m0/s1. The minimum Gasteiger partial charge on any atom is -0.357 e. The Kier molecular flexibility index (Phi) is 5.23. The molecule has 23 heavy (non-hydrogen) atoms. The average molecular weight is 413 g/mol. The Morgan fingerprint density at radius 2 is 2.22 bits per heavy atom. The molecule has 1 aliphatic carbocycles. The van der Waals surface area contributed by atoms with Gasteiger partial charge in [-0.1, -0.05) is 29.2 Å². The molecule has 1 saturated carbocycles. The van der Waals surface area contributed by atoms with Gasteiger partial charge in [-0.25, -0.2) is 0 Å². The SMILES string of the molecule is Cc1ccc(NC(=O)[C@H](C)Sc2nnc(NC3CC3)s2)c(Br)c1. The highest BCUT2D eigenvalue weighted by atomic mass is 79.9. The molecule has 1 aliphatic rings. The smallest absolute Gasteiger partial charge is 0.237 e. The van der Waals surface area contributed by atoms with Crippen molar-refractivity contribution in [2.75, 3.05) is 10.6 Å². The number of aryl methyl sites for hydroxylation is 1. The van der Waals surface area contributed by atoms with Crippen LogP contribution >= 0.6 is 39.0 Å². The van der Waals surface area contributed by atoms with Crippen molar-refractivity contribution in [1.82, 2.24) is 10.2 Å². The Hall–Kier alpha value is -1.12. The molecule has 0 bridgehead atoms. The Morgan fingerprint density at radius 3 is 2.91 bits per heavy atom. The molecule has 0 saturated heterocycles. The van der Waals surface area contributed by atoms with Gasteiger partial charge in [-0.2, -0.15) is 0 Å². The molecule has 0 aliphatic heterocycles. The summed E-state index contributed by atoms with van der Waals surface area (Å²) in [5, 5.41) is 15.1. The zero-order valence-corrected chi connectivity index (χ0v) is 16.0. The van der Waals surface area contributed by atoms with Crippen molar-refractivity contribution in [3.05, 3.63) is 28.2 Å². The lowest BCUT2D eigenvalue weighted by Crippen LogP contribution is -2.22. The summed E-state index contributed by atoms with van der Waals surface area (Å²) < 4.78 is 1.69. The van der Waals surface area contributed by atoms with E-state index >= 15 is 0 Å². The lowest BCUT2D eigenvalue weighted by Gasteiger charge is -2.12. The molecule has 1 amide bonds. The predicted molar refractivity (Wildman–Crippen MR) is 99.4 cm³/mol. The van der Waals surface area contributed by atoms with Crippen molar-refractivity contribution in [2.45, 2.75) is 42.3 Å². The molecular weight excluding hydrogens is 396 g/mol. The van der Waals surface area contributed by atoms with Gasteiger partial charge in [0.1, 0.15) is 0 Å². The molecule has 5 nitrogen and oxygen atoms in total. The maximum atomic E-state index is 12.3. The van der Waals surface area contributed by atoms with Crippen LogP contribution in [0.3, 0.4) is 0 Å². The number of anilines is 2. The number of hydrogen-bond acceptors (Lipinski definition) is 6. The van der Waals surface area contributed by atoms with Gasteiger partial charge in [-0.3, -0.25) is 4.79 Å². The van der Waals surface area contributed by atoms with Crippen molar-refractivity contribution in [3.63, 3.8) is 0 Å². The number of thioether (sulfide) groups is 1. The van der Waals surface area contributed by atoms with Gasteiger partial charge in [0.25, 0.3) is 0 Å². The van der Waals surface area contributed by atoms with E-state index in [0.717, 1.165) is 25.2 Å². The van der Waals surface area contributed by atoms with E-state index in [4.69, 9.17) is 0 Å². The highest BCUT2D eigenvalue weighted by Gasteiger charge is 2.23. The summed E-state index contributed by atoms with van der Waals surface area (Å²) in [7, 11) is 0. The number of aromatic nitrogens is 2. The first-order valence-electron chi connectivity index (χ1n) is 7.35. The molecule has 122 valence electrons. The number of hydrogen-bond donors (Lipinski definition) is 2. The van der Waals surface area contributed by atoms with E-state index in [2.05, 4.69) is 36.8 Å². The van der Waals surface area contributed by atoms with Crippen LogP contribution < -0.4 is 10.6 Å². The van der Waals surface area contributed by atoms with E-state index in [-0.39, 0.29) is 11.2 Å². The molecule has 2 aromatic rings. The van der Waals surface area contributed by atoms with Gasteiger partial charge in [0, 0.05) is 10.5 Å². The first kappa shape index (κ1) is 16.7. The van der Waals surface area contributed by atoms with Crippen molar-refractivity contribution in [2.24, 2.45) is 0 Å². The molecule has 0 spiro atoms. The van der Waals surface area contributed by atoms with Crippen LogP contribution in [0, 0.1) is 6.92 Å². The van der Waals surface area contributed by atoms with Gasteiger partial charge in [0.15, 0.2) is 4.34 Å². The number of benzene rings is 1. The average Bonchev–Trinajstić information content (AvgIpc) is 3.20. The fraction of sp³-hybridized carbons (Fsp3) is 0.400. The third-order valence-electron chi connectivity index (χ3n) is 3.34.